The lowest BCUT2D eigenvalue weighted by Crippen LogP contribution is -2.20. The van der Waals surface area contributed by atoms with Gasteiger partial charge < -0.3 is 14.5 Å². The van der Waals surface area contributed by atoms with Crippen LogP contribution in [0.3, 0.4) is 0 Å². The molecule has 1 aromatic heterocycles. The lowest BCUT2D eigenvalue weighted by molar-refractivity contribution is -0.118. The summed E-state index contributed by atoms with van der Waals surface area (Å²) in [6.45, 7) is 3.94. The van der Waals surface area contributed by atoms with Crippen LogP contribution in [-0.2, 0) is 4.79 Å². The lowest BCUT2D eigenvalue weighted by atomic mass is 10.2. The Morgan fingerprint density at radius 2 is 2.00 bits per heavy atom. The number of benzene rings is 2. The quantitative estimate of drug-likeness (QED) is 0.733. The number of rotatable bonds is 5. The van der Waals surface area contributed by atoms with Crippen molar-refractivity contribution >= 4 is 34.3 Å². The molecule has 0 aliphatic carbocycles. The third kappa shape index (κ3) is 3.86. The van der Waals surface area contributed by atoms with Crippen molar-refractivity contribution < 1.29 is 13.9 Å². The molecule has 6 heteroatoms. The van der Waals surface area contributed by atoms with Crippen molar-refractivity contribution in [2.75, 3.05) is 11.9 Å². The van der Waals surface area contributed by atoms with E-state index in [2.05, 4.69) is 10.3 Å². The molecule has 2 aromatic carbocycles. The van der Waals surface area contributed by atoms with E-state index < -0.39 is 0 Å². The number of halogens is 1. The first-order chi connectivity index (χ1) is 11.5. The number of oxazole rings is 1. The standard InChI is InChI=1S/C18H17ClN2O3/c1-11(2)18-21-15-8-5-13(9-16(15)24-18)20-17(22)10-23-14-6-3-12(19)4-7-14/h3-9,11H,10H2,1-2H3,(H,20,22). The fourth-order valence-corrected chi connectivity index (χ4v) is 2.27. The van der Waals surface area contributed by atoms with Crippen LogP contribution in [0.4, 0.5) is 5.69 Å². The molecule has 1 amide bonds. The highest BCUT2D eigenvalue weighted by molar-refractivity contribution is 6.30. The summed E-state index contributed by atoms with van der Waals surface area (Å²) < 4.78 is 11.1. The highest BCUT2D eigenvalue weighted by atomic mass is 35.5. The third-order valence-corrected chi connectivity index (χ3v) is 3.62. The minimum atomic E-state index is -0.257. The molecule has 124 valence electrons. The number of hydrogen-bond donors (Lipinski definition) is 1. The lowest BCUT2D eigenvalue weighted by Gasteiger charge is -2.07. The second kappa shape index (κ2) is 6.93. The van der Waals surface area contributed by atoms with E-state index >= 15 is 0 Å². The van der Waals surface area contributed by atoms with Crippen LogP contribution < -0.4 is 10.1 Å². The van der Waals surface area contributed by atoms with Crippen LogP contribution in [0.2, 0.25) is 5.02 Å². The molecule has 0 aliphatic heterocycles. The number of nitrogens with zero attached hydrogens (tertiary/aromatic N) is 1. The van der Waals surface area contributed by atoms with Gasteiger partial charge >= 0.3 is 0 Å². The Hall–Kier alpha value is -2.53. The molecule has 0 saturated heterocycles. The Kier molecular flexibility index (Phi) is 4.71. The first kappa shape index (κ1) is 16.3. The van der Waals surface area contributed by atoms with Gasteiger partial charge in [-0.05, 0) is 36.4 Å². The van der Waals surface area contributed by atoms with Gasteiger partial charge in [-0.15, -0.1) is 0 Å². The van der Waals surface area contributed by atoms with Crippen molar-refractivity contribution in [3.63, 3.8) is 0 Å². The molecule has 0 atom stereocenters. The monoisotopic (exact) mass is 344 g/mol. The first-order valence-corrected chi connectivity index (χ1v) is 7.98. The number of amides is 1. The highest BCUT2D eigenvalue weighted by Gasteiger charge is 2.11. The Morgan fingerprint density at radius 3 is 2.71 bits per heavy atom. The number of nitrogens with one attached hydrogen (secondary N) is 1. The van der Waals surface area contributed by atoms with Crippen molar-refractivity contribution in [1.29, 1.82) is 0 Å². The van der Waals surface area contributed by atoms with Crippen molar-refractivity contribution in [3.05, 3.63) is 53.4 Å². The van der Waals surface area contributed by atoms with E-state index in [1.807, 2.05) is 19.9 Å². The zero-order valence-corrected chi connectivity index (χ0v) is 14.1. The first-order valence-electron chi connectivity index (χ1n) is 7.60. The molecular weight excluding hydrogens is 328 g/mol. The van der Waals surface area contributed by atoms with Crippen LogP contribution >= 0.6 is 11.6 Å². The number of carbonyl (C=O) groups excluding carboxylic acids is 1. The van der Waals surface area contributed by atoms with E-state index in [0.29, 0.717) is 27.9 Å². The summed E-state index contributed by atoms with van der Waals surface area (Å²) >= 11 is 5.80. The number of fused-ring (bicyclic) bond motifs is 1. The van der Waals surface area contributed by atoms with Gasteiger partial charge in [-0.25, -0.2) is 4.98 Å². The number of ether oxygens (including phenoxy) is 1. The Labute approximate surface area is 144 Å². The molecule has 0 unspecified atom stereocenters. The predicted molar refractivity (Wildman–Crippen MR) is 93.7 cm³/mol. The Balaban J connectivity index is 1.63. The number of hydrogen-bond acceptors (Lipinski definition) is 4. The molecule has 0 aliphatic rings. The molecule has 3 rings (SSSR count). The molecule has 3 aromatic rings. The van der Waals surface area contributed by atoms with Crippen LogP contribution in [-0.4, -0.2) is 17.5 Å². The fraction of sp³-hybridized carbons (Fsp3) is 0.222. The summed E-state index contributed by atoms with van der Waals surface area (Å²) in [7, 11) is 0. The van der Waals surface area contributed by atoms with Crippen LogP contribution in [0.5, 0.6) is 5.75 Å². The molecule has 24 heavy (non-hydrogen) atoms. The van der Waals surface area contributed by atoms with Crippen molar-refractivity contribution in [1.82, 2.24) is 4.98 Å². The zero-order valence-electron chi connectivity index (χ0n) is 13.4. The van der Waals surface area contributed by atoms with Crippen LogP contribution in [0, 0.1) is 0 Å². The topological polar surface area (TPSA) is 64.4 Å². The van der Waals surface area contributed by atoms with Gasteiger partial charge in [0.1, 0.15) is 11.3 Å². The number of carbonyl (C=O) groups is 1. The van der Waals surface area contributed by atoms with Gasteiger partial charge in [0.25, 0.3) is 5.91 Å². The second-order valence-electron chi connectivity index (χ2n) is 5.68. The van der Waals surface area contributed by atoms with E-state index in [1.54, 1.807) is 36.4 Å². The summed E-state index contributed by atoms with van der Waals surface area (Å²) in [5.41, 5.74) is 2.06. The fourth-order valence-electron chi connectivity index (χ4n) is 2.14. The van der Waals surface area contributed by atoms with Crippen LogP contribution in [0.25, 0.3) is 11.1 Å². The maximum Gasteiger partial charge on any atom is 0.262 e. The average Bonchev–Trinajstić information content (AvgIpc) is 2.98. The van der Waals surface area contributed by atoms with Crippen LogP contribution in [0.15, 0.2) is 46.9 Å². The smallest absolute Gasteiger partial charge is 0.262 e. The van der Waals surface area contributed by atoms with E-state index in [9.17, 15) is 4.79 Å². The van der Waals surface area contributed by atoms with Gasteiger partial charge in [-0.2, -0.15) is 0 Å². The minimum Gasteiger partial charge on any atom is -0.484 e. The molecule has 1 N–H and O–H groups in total. The zero-order chi connectivity index (χ0) is 17.1. The maximum atomic E-state index is 12.0. The largest absolute Gasteiger partial charge is 0.484 e. The van der Waals surface area contributed by atoms with E-state index in [4.69, 9.17) is 20.8 Å². The normalized spacial score (nSPS) is 11.0. The average molecular weight is 345 g/mol. The molecule has 0 fully saturated rings. The summed E-state index contributed by atoms with van der Waals surface area (Å²) in [5, 5.41) is 3.39. The van der Waals surface area contributed by atoms with E-state index in [-0.39, 0.29) is 18.4 Å². The van der Waals surface area contributed by atoms with Crippen molar-refractivity contribution in [2.45, 2.75) is 19.8 Å². The molecule has 0 bridgehead atoms. The number of anilines is 1. The van der Waals surface area contributed by atoms with Gasteiger partial charge in [0.2, 0.25) is 0 Å². The Morgan fingerprint density at radius 1 is 1.25 bits per heavy atom. The van der Waals surface area contributed by atoms with Crippen LogP contribution in [0.1, 0.15) is 25.7 Å². The third-order valence-electron chi connectivity index (χ3n) is 3.37. The Bertz CT molecular complexity index is 856. The molecular formula is C18H17ClN2O3. The van der Waals surface area contributed by atoms with Gasteiger partial charge in [0.15, 0.2) is 18.1 Å². The van der Waals surface area contributed by atoms with Gasteiger partial charge in [-0.3, -0.25) is 4.79 Å². The SMILES string of the molecule is CC(C)c1nc2ccc(NC(=O)COc3ccc(Cl)cc3)cc2o1. The van der Waals surface area contributed by atoms with E-state index in [0.717, 1.165) is 5.52 Å². The van der Waals surface area contributed by atoms with Gasteiger partial charge in [0.05, 0.1) is 0 Å². The summed E-state index contributed by atoms with van der Waals surface area (Å²) in [6.07, 6.45) is 0. The minimum absolute atomic E-state index is 0.0900. The molecule has 1 heterocycles. The van der Waals surface area contributed by atoms with E-state index in [1.165, 1.54) is 0 Å². The molecule has 0 saturated carbocycles. The molecule has 5 nitrogen and oxygen atoms in total. The summed E-state index contributed by atoms with van der Waals surface area (Å²) in [5.74, 6) is 1.22. The van der Waals surface area contributed by atoms with Crippen molar-refractivity contribution in [2.24, 2.45) is 0 Å². The molecule has 0 radical (unpaired) electrons. The number of aromatic nitrogens is 1. The summed E-state index contributed by atoms with van der Waals surface area (Å²) in [6, 6.07) is 12.2. The summed E-state index contributed by atoms with van der Waals surface area (Å²) in [4.78, 5) is 16.4. The highest BCUT2D eigenvalue weighted by Crippen LogP contribution is 2.24. The maximum absolute atomic E-state index is 12.0. The van der Waals surface area contributed by atoms with Crippen molar-refractivity contribution in [3.8, 4) is 5.75 Å². The van der Waals surface area contributed by atoms with Gasteiger partial charge in [0, 0.05) is 22.7 Å². The molecule has 0 spiro atoms. The van der Waals surface area contributed by atoms with Gasteiger partial charge in [-0.1, -0.05) is 25.4 Å². The predicted octanol–water partition coefficient (Wildman–Crippen LogP) is 4.62. The second-order valence-corrected chi connectivity index (χ2v) is 6.12.